The van der Waals surface area contributed by atoms with Gasteiger partial charge in [-0.2, -0.15) is 0 Å². The first kappa shape index (κ1) is 19.1. The summed E-state index contributed by atoms with van der Waals surface area (Å²) in [6.45, 7) is 5.18. The molecule has 1 atom stereocenters. The van der Waals surface area contributed by atoms with Gasteiger partial charge in [-0.05, 0) is 55.9 Å². The van der Waals surface area contributed by atoms with Gasteiger partial charge in [0.1, 0.15) is 12.4 Å². The van der Waals surface area contributed by atoms with Crippen molar-refractivity contribution in [3.05, 3.63) is 29.3 Å². The van der Waals surface area contributed by atoms with Crippen molar-refractivity contribution in [1.29, 1.82) is 0 Å². The standard InChI is InChI=1S/C21H29N3O4/c1-2-22-20(26)24-10-8-21(9-11-24)18-5-4-17(13-15(18)7-12-28-21)27-14-16-3-6-19(25)23-16/h4-5,13,16H,2-3,6-12,14H2,1H3,(H,22,26)(H,23,25)/t16-/m0/s1. The van der Waals surface area contributed by atoms with Gasteiger partial charge in [-0.15, -0.1) is 0 Å². The monoisotopic (exact) mass is 387 g/mol. The highest BCUT2D eigenvalue weighted by atomic mass is 16.5. The number of amides is 3. The Balaban J connectivity index is 1.42. The molecule has 0 aliphatic carbocycles. The SMILES string of the molecule is CCNC(=O)N1CCC2(CC1)OCCc1cc(OC[C@@H]3CCC(=O)N3)ccc12. The molecule has 4 rings (SSSR count). The number of fused-ring (bicyclic) bond motifs is 2. The first-order valence-corrected chi connectivity index (χ1v) is 10.3. The third-order valence-electron chi connectivity index (χ3n) is 6.04. The van der Waals surface area contributed by atoms with Crippen LogP contribution in [0.15, 0.2) is 18.2 Å². The summed E-state index contributed by atoms with van der Waals surface area (Å²) >= 11 is 0. The van der Waals surface area contributed by atoms with Crippen molar-refractivity contribution in [2.24, 2.45) is 0 Å². The normalized spacial score (nSPS) is 23.2. The van der Waals surface area contributed by atoms with Crippen molar-refractivity contribution >= 4 is 11.9 Å². The number of piperidine rings is 1. The van der Waals surface area contributed by atoms with Crippen LogP contribution in [0.2, 0.25) is 0 Å². The summed E-state index contributed by atoms with van der Waals surface area (Å²) in [5.41, 5.74) is 2.20. The lowest BCUT2D eigenvalue weighted by atomic mass is 9.79. The molecule has 3 aliphatic rings. The quantitative estimate of drug-likeness (QED) is 0.827. The van der Waals surface area contributed by atoms with Crippen LogP contribution in [0.4, 0.5) is 4.79 Å². The molecule has 0 radical (unpaired) electrons. The Hall–Kier alpha value is -2.28. The second kappa shape index (κ2) is 7.99. The second-order valence-corrected chi connectivity index (χ2v) is 7.85. The fourth-order valence-corrected chi connectivity index (χ4v) is 4.49. The molecule has 1 aromatic carbocycles. The van der Waals surface area contributed by atoms with E-state index in [-0.39, 0.29) is 23.6 Å². The minimum Gasteiger partial charge on any atom is -0.491 e. The Labute approximate surface area is 165 Å². The van der Waals surface area contributed by atoms with Crippen molar-refractivity contribution < 1.29 is 19.1 Å². The van der Waals surface area contributed by atoms with Crippen LogP contribution in [-0.2, 0) is 21.6 Å². The van der Waals surface area contributed by atoms with Crippen molar-refractivity contribution in [3.8, 4) is 5.75 Å². The number of hydrogen-bond acceptors (Lipinski definition) is 4. The number of urea groups is 1. The van der Waals surface area contributed by atoms with Gasteiger partial charge in [-0.3, -0.25) is 4.79 Å². The summed E-state index contributed by atoms with van der Waals surface area (Å²) in [4.78, 5) is 25.3. The topological polar surface area (TPSA) is 79.9 Å². The molecular weight excluding hydrogens is 358 g/mol. The zero-order valence-electron chi connectivity index (χ0n) is 16.5. The predicted octanol–water partition coefficient (Wildman–Crippen LogP) is 1.94. The summed E-state index contributed by atoms with van der Waals surface area (Å²) in [5, 5.41) is 5.81. The molecule has 1 spiro atoms. The third-order valence-corrected chi connectivity index (χ3v) is 6.04. The molecule has 0 bridgehead atoms. The van der Waals surface area contributed by atoms with Crippen LogP contribution in [0, 0.1) is 0 Å². The zero-order chi connectivity index (χ0) is 19.6. The molecule has 3 aliphatic heterocycles. The molecule has 7 heteroatoms. The average Bonchev–Trinajstić information content (AvgIpc) is 3.12. The average molecular weight is 387 g/mol. The molecule has 3 heterocycles. The van der Waals surface area contributed by atoms with E-state index in [1.165, 1.54) is 11.1 Å². The minimum atomic E-state index is -0.297. The molecule has 2 N–H and O–H groups in total. The number of nitrogens with one attached hydrogen (secondary N) is 2. The van der Waals surface area contributed by atoms with Gasteiger partial charge in [-0.25, -0.2) is 4.79 Å². The van der Waals surface area contributed by atoms with Crippen LogP contribution in [0.1, 0.15) is 43.7 Å². The highest BCUT2D eigenvalue weighted by molar-refractivity contribution is 5.78. The van der Waals surface area contributed by atoms with Crippen LogP contribution >= 0.6 is 0 Å². The summed E-state index contributed by atoms with van der Waals surface area (Å²) in [7, 11) is 0. The molecule has 2 saturated heterocycles. The van der Waals surface area contributed by atoms with Crippen LogP contribution in [0.3, 0.4) is 0 Å². The molecule has 152 valence electrons. The Morgan fingerprint density at radius 2 is 2.18 bits per heavy atom. The molecule has 0 saturated carbocycles. The van der Waals surface area contributed by atoms with E-state index < -0.39 is 0 Å². The Morgan fingerprint density at radius 1 is 1.36 bits per heavy atom. The van der Waals surface area contributed by atoms with Crippen LogP contribution < -0.4 is 15.4 Å². The number of nitrogens with zero attached hydrogens (tertiary/aromatic N) is 1. The maximum atomic E-state index is 12.1. The van der Waals surface area contributed by atoms with Crippen molar-refractivity contribution in [3.63, 3.8) is 0 Å². The van der Waals surface area contributed by atoms with E-state index in [2.05, 4.69) is 22.8 Å². The van der Waals surface area contributed by atoms with E-state index in [0.29, 0.717) is 39.3 Å². The summed E-state index contributed by atoms with van der Waals surface area (Å²) in [6.07, 6.45) is 3.92. The van der Waals surface area contributed by atoms with Crippen molar-refractivity contribution in [2.45, 2.75) is 50.7 Å². The molecule has 7 nitrogen and oxygen atoms in total. The molecule has 0 unspecified atom stereocenters. The summed E-state index contributed by atoms with van der Waals surface area (Å²) < 4.78 is 12.2. The number of carbonyl (C=O) groups is 2. The lowest BCUT2D eigenvalue weighted by Crippen LogP contribution is -2.50. The lowest BCUT2D eigenvalue weighted by Gasteiger charge is -2.45. The fraction of sp³-hybridized carbons (Fsp3) is 0.619. The molecule has 2 fully saturated rings. The molecule has 1 aromatic rings. The van der Waals surface area contributed by atoms with Gasteiger partial charge in [0.25, 0.3) is 0 Å². The van der Waals surface area contributed by atoms with Crippen molar-refractivity contribution in [2.75, 3.05) is 32.8 Å². The number of benzene rings is 1. The van der Waals surface area contributed by atoms with Crippen LogP contribution in [0.5, 0.6) is 5.75 Å². The maximum Gasteiger partial charge on any atom is 0.317 e. The molecule has 28 heavy (non-hydrogen) atoms. The Bertz CT molecular complexity index is 743. The number of hydrogen-bond donors (Lipinski definition) is 2. The maximum absolute atomic E-state index is 12.1. The van der Waals surface area contributed by atoms with E-state index >= 15 is 0 Å². The third kappa shape index (κ3) is 3.81. The minimum absolute atomic E-state index is 0.0103. The first-order chi connectivity index (χ1) is 13.6. The number of ether oxygens (including phenoxy) is 2. The molecule has 3 amide bonds. The van der Waals surface area contributed by atoms with Gasteiger partial charge in [0.15, 0.2) is 0 Å². The first-order valence-electron chi connectivity index (χ1n) is 10.3. The fourth-order valence-electron chi connectivity index (χ4n) is 4.49. The Morgan fingerprint density at radius 3 is 2.89 bits per heavy atom. The van der Waals surface area contributed by atoms with Crippen molar-refractivity contribution in [1.82, 2.24) is 15.5 Å². The molecular formula is C21H29N3O4. The van der Waals surface area contributed by atoms with Gasteiger partial charge in [0.05, 0.1) is 18.2 Å². The second-order valence-electron chi connectivity index (χ2n) is 7.85. The largest absolute Gasteiger partial charge is 0.491 e. The van der Waals surface area contributed by atoms with Gasteiger partial charge < -0.3 is 25.0 Å². The molecule has 0 aromatic heterocycles. The summed E-state index contributed by atoms with van der Waals surface area (Å²) in [6, 6.07) is 6.36. The van der Waals surface area contributed by atoms with Gasteiger partial charge in [0, 0.05) is 26.1 Å². The van der Waals surface area contributed by atoms with E-state index in [1.807, 2.05) is 17.9 Å². The number of likely N-dealkylation sites (tertiary alicyclic amines) is 1. The van der Waals surface area contributed by atoms with E-state index in [0.717, 1.165) is 31.4 Å². The zero-order valence-corrected chi connectivity index (χ0v) is 16.5. The number of rotatable bonds is 4. The van der Waals surface area contributed by atoms with E-state index in [9.17, 15) is 9.59 Å². The summed E-state index contributed by atoms with van der Waals surface area (Å²) in [5.74, 6) is 0.953. The van der Waals surface area contributed by atoms with Crippen LogP contribution in [-0.4, -0.2) is 55.7 Å². The van der Waals surface area contributed by atoms with Gasteiger partial charge in [0.2, 0.25) is 5.91 Å². The van der Waals surface area contributed by atoms with E-state index in [4.69, 9.17) is 9.47 Å². The highest BCUT2D eigenvalue weighted by Crippen LogP contribution is 2.42. The lowest BCUT2D eigenvalue weighted by molar-refractivity contribution is -0.119. The van der Waals surface area contributed by atoms with Gasteiger partial charge >= 0.3 is 6.03 Å². The van der Waals surface area contributed by atoms with E-state index in [1.54, 1.807) is 0 Å². The van der Waals surface area contributed by atoms with Crippen LogP contribution in [0.25, 0.3) is 0 Å². The highest BCUT2D eigenvalue weighted by Gasteiger charge is 2.41. The Kier molecular flexibility index (Phi) is 5.44. The predicted molar refractivity (Wildman–Crippen MR) is 104 cm³/mol. The number of carbonyl (C=O) groups excluding carboxylic acids is 2. The smallest absolute Gasteiger partial charge is 0.317 e. The van der Waals surface area contributed by atoms with Gasteiger partial charge in [-0.1, -0.05) is 6.07 Å².